The number of aromatic nitrogens is 2. The van der Waals surface area contributed by atoms with Crippen molar-refractivity contribution in [2.45, 2.75) is 37.5 Å². The lowest BCUT2D eigenvalue weighted by atomic mass is 9.99. The Morgan fingerprint density at radius 1 is 1.27 bits per heavy atom. The van der Waals surface area contributed by atoms with Crippen molar-refractivity contribution in [1.29, 1.82) is 0 Å². The highest BCUT2D eigenvalue weighted by molar-refractivity contribution is 7.89. The lowest BCUT2D eigenvalue weighted by Gasteiger charge is -2.31. The number of hydrogen-bond donors (Lipinski definition) is 1. The molecule has 0 saturated carbocycles. The molecule has 118 valence electrons. The second kappa shape index (κ2) is 5.85. The molecule has 1 aliphatic rings. The SMILES string of the molecule is Cc1cnc([C@H]2CCCN(S(=O)(=O)c3ccccc3C)C2)[nH]1. The number of rotatable bonds is 3. The van der Waals surface area contributed by atoms with E-state index in [0.29, 0.717) is 18.0 Å². The van der Waals surface area contributed by atoms with Crippen LogP contribution in [0.1, 0.15) is 35.8 Å². The number of H-pyrrole nitrogens is 1. The summed E-state index contributed by atoms with van der Waals surface area (Å²) in [6.07, 6.45) is 3.62. The van der Waals surface area contributed by atoms with Crippen molar-refractivity contribution in [3.8, 4) is 0 Å². The smallest absolute Gasteiger partial charge is 0.243 e. The maximum atomic E-state index is 12.9. The fraction of sp³-hybridized carbons (Fsp3) is 0.438. The van der Waals surface area contributed by atoms with E-state index in [1.165, 1.54) is 0 Å². The Kier molecular flexibility index (Phi) is 4.06. The Morgan fingerprint density at radius 3 is 2.73 bits per heavy atom. The lowest BCUT2D eigenvalue weighted by Crippen LogP contribution is -2.39. The molecule has 0 radical (unpaired) electrons. The van der Waals surface area contributed by atoms with Gasteiger partial charge in [0.1, 0.15) is 5.82 Å². The standard InChI is InChI=1S/C16H21N3O2S/c1-12-6-3-4-8-15(12)22(20,21)19-9-5-7-14(11-19)16-17-10-13(2)18-16/h3-4,6,8,10,14H,5,7,9,11H2,1-2H3,(H,17,18)/t14-/m0/s1. The minimum atomic E-state index is -3.44. The van der Waals surface area contributed by atoms with Crippen molar-refractivity contribution in [2.75, 3.05) is 13.1 Å². The van der Waals surface area contributed by atoms with Crippen molar-refractivity contribution in [3.63, 3.8) is 0 Å². The van der Waals surface area contributed by atoms with E-state index >= 15 is 0 Å². The van der Waals surface area contributed by atoms with Crippen molar-refractivity contribution >= 4 is 10.0 Å². The first-order valence-corrected chi connectivity index (χ1v) is 9.00. The lowest BCUT2D eigenvalue weighted by molar-refractivity contribution is 0.310. The highest BCUT2D eigenvalue weighted by Crippen LogP contribution is 2.29. The van der Waals surface area contributed by atoms with E-state index < -0.39 is 10.0 Å². The molecule has 1 atom stereocenters. The molecule has 0 amide bonds. The third-order valence-electron chi connectivity index (χ3n) is 4.20. The van der Waals surface area contributed by atoms with Crippen LogP contribution in [0, 0.1) is 13.8 Å². The van der Waals surface area contributed by atoms with Crippen LogP contribution in [0.3, 0.4) is 0 Å². The van der Waals surface area contributed by atoms with E-state index in [0.717, 1.165) is 29.9 Å². The highest BCUT2D eigenvalue weighted by Gasteiger charge is 2.32. The van der Waals surface area contributed by atoms with Gasteiger partial charge in [-0.05, 0) is 38.3 Å². The number of nitrogens with one attached hydrogen (secondary N) is 1. The Morgan fingerprint density at radius 2 is 2.05 bits per heavy atom. The second-order valence-electron chi connectivity index (χ2n) is 5.92. The van der Waals surface area contributed by atoms with Crippen LogP contribution < -0.4 is 0 Å². The van der Waals surface area contributed by atoms with Crippen molar-refractivity contribution in [2.24, 2.45) is 0 Å². The van der Waals surface area contributed by atoms with Gasteiger partial charge in [-0.2, -0.15) is 4.31 Å². The molecule has 0 unspecified atom stereocenters. The van der Waals surface area contributed by atoms with Crippen LogP contribution >= 0.6 is 0 Å². The molecule has 0 spiro atoms. The number of nitrogens with zero attached hydrogens (tertiary/aromatic N) is 2. The van der Waals surface area contributed by atoms with Gasteiger partial charge in [0.25, 0.3) is 0 Å². The quantitative estimate of drug-likeness (QED) is 0.945. The summed E-state index contributed by atoms with van der Waals surface area (Å²) in [4.78, 5) is 8.01. The van der Waals surface area contributed by atoms with Crippen LogP contribution in [0.25, 0.3) is 0 Å². The molecule has 1 saturated heterocycles. The molecule has 1 aliphatic heterocycles. The molecular weight excluding hydrogens is 298 g/mol. The molecule has 3 rings (SSSR count). The minimum absolute atomic E-state index is 0.140. The van der Waals surface area contributed by atoms with Crippen molar-refractivity contribution in [1.82, 2.24) is 14.3 Å². The monoisotopic (exact) mass is 319 g/mol. The van der Waals surface area contributed by atoms with E-state index in [1.807, 2.05) is 26.0 Å². The number of aromatic amines is 1. The minimum Gasteiger partial charge on any atom is -0.346 e. The van der Waals surface area contributed by atoms with E-state index in [-0.39, 0.29) is 5.92 Å². The summed E-state index contributed by atoms with van der Waals surface area (Å²) in [6.45, 7) is 4.86. The van der Waals surface area contributed by atoms with Gasteiger partial charge >= 0.3 is 0 Å². The molecule has 22 heavy (non-hydrogen) atoms. The van der Waals surface area contributed by atoms with Gasteiger partial charge in [0.05, 0.1) is 4.90 Å². The molecular formula is C16H21N3O2S. The number of piperidine rings is 1. The molecule has 6 heteroatoms. The van der Waals surface area contributed by atoms with Crippen molar-refractivity contribution < 1.29 is 8.42 Å². The topological polar surface area (TPSA) is 66.1 Å². The predicted molar refractivity (Wildman–Crippen MR) is 85.2 cm³/mol. The summed E-state index contributed by atoms with van der Waals surface area (Å²) >= 11 is 0. The molecule has 2 heterocycles. The highest BCUT2D eigenvalue weighted by atomic mass is 32.2. The zero-order chi connectivity index (χ0) is 15.7. The molecule has 0 aliphatic carbocycles. The predicted octanol–water partition coefficient (Wildman–Crippen LogP) is 2.59. The van der Waals surface area contributed by atoms with E-state index in [2.05, 4.69) is 9.97 Å². The molecule has 1 aromatic heterocycles. The van der Waals surface area contributed by atoms with Gasteiger partial charge in [-0.3, -0.25) is 0 Å². The largest absolute Gasteiger partial charge is 0.346 e. The second-order valence-corrected chi connectivity index (χ2v) is 7.83. The first-order valence-electron chi connectivity index (χ1n) is 7.56. The third kappa shape index (κ3) is 2.80. The number of hydrogen-bond acceptors (Lipinski definition) is 3. The van der Waals surface area contributed by atoms with Gasteiger partial charge < -0.3 is 4.98 Å². The van der Waals surface area contributed by atoms with Gasteiger partial charge in [-0.25, -0.2) is 13.4 Å². The Balaban J connectivity index is 1.87. The van der Waals surface area contributed by atoms with Gasteiger partial charge in [0.15, 0.2) is 0 Å². The molecule has 5 nitrogen and oxygen atoms in total. The maximum Gasteiger partial charge on any atom is 0.243 e. The number of imidazole rings is 1. The first kappa shape index (κ1) is 15.2. The molecule has 2 aromatic rings. The van der Waals surface area contributed by atoms with E-state index in [4.69, 9.17) is 0 Å². The number of sulfonamides is 1. The zero-order valence-corrected chi connectivity index (χ0v) is 13.7. The average molecular weight is 319 g/mol. The Bertz CT molecular complexity index is 767. The first-order chi connectivity index (χ1) is 10.5. The normalized spacial score (nSPS) is 20.2. The summed E-state index contributed by atoms with van der Waals surface area (Å²) in [6, 6.07) is 7.16. The van der Waals surface area contributed by atoms with E-state index in [9.17, 15) is 8.42 Å². The fourth-order valence-electron chi connectivity index (χ4n) is 3.01. The third-order valence-corrected chi connectivity index (χ3v) is 6.23. The molecule has 0 bridgehead atoms. The van der Waals surface area contributed by atoms with Crippen LogP contribution in [0.15, 0.2) is 35.4 Å². The summed E-state index contributed by atoms with van der Waals surface area (Å²) in [7, 11) is -3.44. The van der Waals surface area contributed by atoms with Gasteiger partial charge in [-0.15, -0.1) is 0 Å². The summed E-state index contributed by atoms with van der Waals surface area (Å²) in [5.41, 5.74) is 1.80. The molecule has 1 N–H and O–H groups in total. The van der Waals surface area contributed by atoms with Crippen molar-refractivity contribution in [3.05, 3.63) is 47.5 Å². The van der Waals surface area contributed by atoms with Crippen LogP contribution in [0.2, 0.25) is 0 Å². The summed E-state index contributed by atoms with van der Waals surface area (Å²) < 4.78 is 27.4. The summed E-state index contributed by atoms with van der Waals surface area (Å²) in [5, 5.41) is 0. The zero-order valence-electron chi connectivity index (χ0n) is 12.9. The fourth-order valence-corrected chi connectivity index (χ4v) is 4.76. The Hall–Kier alpha value is -1.66. The molecule has 1 fully saturated rings. The van der Waals surface area contributed by atoms with Crippen LogP contribution in [-0.2, 0) is 10.0 Å². The molecule has 1 aromatic carbocycles. The van der Waals surface area contributed by atoms with E-state index in [1.54, 1.807) is 22.6 Å². The van der Waals surface area contributed by atoms with Crippen LogP contribution in [-0.4, -0.2) is 35.8 Å². The van der Waals surface area contributed by atoms with Gasteiger partial charge in [0.2, 0.25) is 10.0 Å². The maximum absolute atomic E-state index is 12.9. The van der Waals surface area contributed by atoms with Crippen LogP contribution in [0.5, 0.6) is 0 Å². The van der Waals surface area contributed by atoms with Crippen LogP contribution in [0.4, 0.5) is 0 Å². The Labute approximate surface area is 131 Å². The van der Waals surface area contributed by atoms with Gasteiger partial charge in [0, 0.05) is 30.9 Å². The summed E-state index contributed by atoms with van der Waals surface area (Å²) in [5.74, 6) is 1.03. The number of benzene rings is 1. The average Bonchev–Trinajstić information content (AvgIpc) is 2.94. The number of aryl methyl sites for hydroxylation is 2. The van der Waals surface area contributed by atoms with Gasteiger partial charge in [-0.1, -0.05) is 18.2 Å².